The van der Waals surface area contributed by atoms with Gasteiger partial charge in [0.2, 0.25) is 17.7 Å². The molecule has 4 heterocycles. The van der Waals surface area contributed by atoms with E-state index in [1.165, 1.54) is 0 Å². The Morgan fingerprint density at radius 2 is 2.19 bits per heavy atom. The van der Waals surface area contributed by atoms with Gasteiger partial charge in [-0.05, 0) is 33.1 Å². The Labute approximate surface area is 151 Å². The highest BCUT2D eigenvalue weighted by Crippen LogP contribution is 2.43. The minimum absolute atomic E-state index is 0.00513. The van der Waals surface area contributed by atoms with Crippen LogP contribution in [-0.4, -0.2) is 63.9 Å². The molecule has 0 aliphatic carbocycles. The van der Waals surface area contributed by atoms with Gasteiger partial charge < -0.3 is 19.6 Å². The van der Waals surface area contributed by atoms with Crippen molar-refractivity contribution >= 4 is 17.7 Å². The molecule has 4 unspecified atom stereocenters. The first kappa shape index (κ1) is 17.1. The maximum Gasteiger partial charge on any atom is 0.242 e. The van der Waals surface area contributed by atoms with Crippen LogP contribution in [0.4, 0.5) is 0 Å². The molecule has 3 fully saturated rings. The number of rotatable bonds is 3. The Hall–Kier alpha value is -2.38. The van der Waals surface area contributed by atoms with Gasteiger partial charge in [-0.25, -0.2) is 0 Å². The average Bonchev–Trinajstić information content (AvgIpc) is 3.31. The second kappa shape index (κ2) is 6.41. The second-order valence-corrected chi connectivity index (χ2v) is 7.55. The molecule has 4 atom stereocenters. The van der Waals surface area contributed by atoms with E-state index < -0.39 is 6.04 Å². The normalized spacial score (nSPS) is 30.6. The van der Waals surface area contributed by atoms with E-state index in [4.69, 9.17) is 4.52 Å². The van der Waals surface area contributed by atoms with Crippen LogP contribution >= 0.6 is 0 Å². The number of nitrogens with zero attached hydrogens (tertiary/aromatic N) is 3. The molecule has 0 aromatic carbocycles. The van der Waals surface area contributed by atoms with E-state index >= 15 is 0 Å². The van der Waals surface area contributed by atoms with Crippen LogP contribution in [0.15, 0.2) is 10.6 Å². The number of hydrogen-bond acceptors (Lipinski definition) is 5. The zero-order valence-corrected chi connectivity index (χ0v) is 15.1. The summed E-state index contributed by atoms with van der Waals surface area (Å²) in [5.41, 5.74) is 0.628. The maximum absolute atomic E-state index is 13.1. The molecule has 0 spiro atoms. The van der Waals surface area contributed by atoms with Gasteiger partial charge >= 0.3 is 0 Å². The highest BCUT2D eigenvalue weighted by atomic mass is 16.5. The number of aromatic nitrogens is 1. The van der Waals surface area contributed by atoms with E-state index in [9.17, 15) is 14.4 Å². The quantitative estimate of drug-likeness (QED) is 0.834. The van der Waals surface area contributed by atoms with Crippen LogP contribution in [0.1, 0.15) is 37.6 Å². The predicted molar refractivity (Wildman–Crippen MR) is 90.9 cm³/mol. The number of amides is 3. The highest BCUT2D eigenvalue weighted by Gasteiger charge is 2.52. The van der Waals surface area contributed by atoms with Crippen molar-refractivity contribution in [2.45, 2.75) is 57.7 Å². The summed E-state index contributed by atoms with van der Waals surface area (Å²) in [5.74, 6) is 0.384. The molecule has 26 heavy (non-hydrogen) atoms. The van der Waals surface area contributed by atoms with E-state index in [-0.39, 0.29) is 42.1 Å². The lowest BCUT2D eigenvalue weighted by atomic mass is 9.87. The maximum atomic E-state index is 13.1. The zero-order valence-electron chi connectivity index (χ0n) is 15.1. The van der Waals surface area contributed by atoms with Gasteiger partial charge in [-0.3, -0.25) is 14.4 Å². The van der Waals surface area contributed by atoms with Crippen LogP contribution < -0.4 is 5.32 Å². The molecule has 0 radical (unpaired) electrons. The summed E-state index contributed by atoms with van der Waals surface area (Å²) >= 11 is 0. The van der Waals surface area contributed by atoms with Gasteiger partial charge in [0.15, 0.2) is 0 Å². The highest BCUT2D eigenvalue weighted by molar-refractivity contribution is 5.90. The van der Waals surface area contributed by atoms with Crippen LogP contribution in [0.2, 0.25) is 0 Å². The number of piperazine rings is 1. The van der Waals surface area contributed by atoms with Crippen LogP contribution in [0.3, 0.4) is 0 Å². The number of carbonyl (C=O) groups is 3. The number of fused-ring (bicyclic) bond motifs is 2. The predicted octanol–water partition coefficient (Wildman–Crippen LogP) is 0.252. The van der Waals surface area contributed by atoms with Crippen LogP contribution in [-0.2, 0) is 20.8 Å². The van der Waals surface area contributed by atoms with Gasteiger partial charge in [-0.15, -0.1) is 0 Å². The van der Waals surface area contributed by atoms with Gasteiger partial charge in [-0.2, -0.15) is 0 Å². The van der Waals surface area contributed by atoms with Crippen LogP contribution in [0.25, 0.3) is 0 Å². The van der Waals surface area contributed by atoms with Crippen LogP contribution in [0, 0.1) is 12.8 Å². The Balaban J connectivity index is 1.46. The third-order valence-corrected chi connectivity index (χ3v) is 5.93. The van der Waals surface area contributed by atoms with Crippen molar-refractivity contribution in [3.05, 3.63) is 17.5 Å². The molecular formula is C18H24N4O4. The average molecular weight is 360 g/mol. The number of hydrogen-bond donors (Lipinski definition) is 1. The van der Waals surface area contributed by atoms with Crippen LogP contribution in [0.5, 0.6) is 0 Å². The molecule has 3 saturated heterocycles. The molecule has 0 saturated carbocycles. The van der Waals surface area contributed by atoms with Gasteiger partial charge in [0, 0.05) is 31.2 Å². The van der Waals surface area contributed by atoms with E-state index in [1.807, 2.05) is 4.90 Å². The fourth-order valence-corrected chi connectivity index (χ4v) is 4.69. The largest absolute Gasteiger partial charge is 0.361 e. The van der Waals surface area contributed by atoms with E-state index in [0.29, 0.717) is 31.0 Å². The molecule has 4 rings (SSSR count). The van der Waals surface area contributed by atoms with Crippen molar-refractivity contribution in [1.29, 1.82) is 0 Å². The summed E-state index contributed by atoms with van der Waals surface area (Å²) in [4.78, 5) is 41.3. The number of aryl methyl sites for hydroxylation is 1. The molecule has 8 heteroatoms. The van der Waals surface area contributed by atoms with Crippen molar-refractivity contribution < 1.29 is 18.9 Å². The fraction of sp³-hybridized carbons (Fsp3) is 0.667. The molecule has 3 amide bonds. The second-order valence-electron chi connectivity index (χ2n) is 7.55. The third-order valence-electron chi connectivity index (χ3n) is 5.93. The molecule has 3 aliphatic rings. The third kappa shape index (κ3) is 2.77. The summed E-state index contributed by atoms with van der Waals surface area (Å²) in [5, 5.41) is 6.69. The molecule has 3 aliphatic heterocycles. The van der Waals surface area contributed by atoms with Gasteiger partial charge in [-0.1, -0.05) is 5.16 Å². The van der Waals surface area contributed by atoms with Gasteiger partial charge in [0.1, 0.15) is 11.8 Å². The lowest BCUT2D eigenvalue weighted by molar-refractivity contribution is -0.146. The van der Waals surface area contributed by atoms with Gasteiger partial charge in [0.05, 0.1) is 18.0 Å². The minimum atomic E-state index is -0.447. The van der Waals surface area contributed by atoms with Crippen molar-refractivity contribution in [2.75, 3.05) is 13.1 Å². The first-order chi connectivity index (χ1) is 12.5. The molecule has 2 bridgehead atoms. The van der Waals surface area contributed by atoms with Crippen molar-refractivity contribution in [2.24, 2.45) is 5.92 Å². The summed E-state index contributed by atoms with van der Waals surface area (Å²) in [6.45, 7) is 4.58. The SMILES string of the molecule is Cc1cc(CC(=O)N2C3CCC2C(C(=O)N2CCNC(=O)C2C)C3)no1. The summed E-state index contributed by atoms with van der Waals surface area (Å²) < 4.78 is 5.04. The summed E-state index contributed by atoms with van der Waals surface area (Å²) in [7, 11) is 0. The smallest absolute Gasteiger partial charge is 0.242 e. The zero-order chi connectivity index (χ0) is 18.4. The lowest BCUT2D eigenvalue weighted by Gasteiger charge is -2.36. The van der Waals surface area contributed by atoms with E-state index in [0.717, 1.165) is 12.8 Å². The minimum Gasteiger partial charge on any atom is -0.361 e. The van der Waals surface area contributed by atoms with Gasteiger partial charge in [0.25, 0.3) is 0 Å². The molecular weight excluding hydrogens is 336 g/mol. The Bertz CT molecular complexity index is 745. The molecule has 1 N–H and O–H groups in total. The topological polar surface area (TPSA) is 95.8 Å². The van der Waals surface area contributed by atoms with E-state index in [1.54, 1.807) is 24.8 Å². The molecule has 140 valence electrons. The van der Waals surface area contributed by atoms with E-state index in [2.05, 4.69) is 10.5 Å². The molecule has 1 aromatic heterocycles. The first-order valence-corrected chi connectivity index (χ1v) is 9.27. The Morgan fingerprint density at radius 1 is 1.38 bits per heavy atom. The van der Waals surface area contributed by atoms with Crippen molar-refractivity contribution in [3.8, 4) is 0 Å². The lowest BCUT2D eigenvalue weighted by Crippen LogP contribution is -2.58. The van der Waals surface area contributed by atoms with Crippen molar-refractivity contribution in [1.82, 2.24) is 20.3 Å². The Morgan fingerprint density at radius 3 is 2.92 bits per heavy atom. The molecule has 8 nitrogen and oxygen atoms in total. The number of carbonyl (C=O) groups excluding carboxylic acids is 3. The number of nitrogens with one attached hydrogen (secondary N) is 1. The Kier molecular flexibility index (Phi) is 4.20. The monoisotopic (exact) mass is 360 g/mol. The standard InChI is InChI=1S/C18H24N4O4/c1-10-7-12(20-26-10)8-16(23)22-13-3-4-15(22)14(9-13)18(25)21-6-5-19-17(24)11(21)2/h7,11,13-15H,3-6,8-9H2,1-2H3,(H,19,24). The summed E-state index contributed by atoms with van der Waals surface area (Å²) in [6.07, 6.45) is 2.68. The summed E-state index contributed by atoms with van der Waals surface area (Å²) in [6, 6.07) is 1.37. The van der Waals surface area contributed by atoms with Crippen molar-refractivity contribution in [3.63, 3.8) is 0 Å². The molecule has 1 aromatic rings. The fourth-order valence-electron chi connectivity index (χ4n) is 4.69. The first-order valence-electron chi connectivity index (χ1n) is 9.27.